The Hall–Kier alpha value is -1.71. The third-order valence-corrected chi connectivity index (χ3v) is 5.12. The molecule has 0 amide bonds. The summed E-state index contributed by atoms with van der Waals surface area (Å²) in [6.45, 7) is 2.01. The first-order chi connectivity index (χ1) is 11.3. The van der Waals surface area contributed by atoms with Crippen molar-refractivity contribution in [3.05, 3.63) is 29.3 Å². The Morgan fingerprint density at radius 3 is 2.83 bits per heavy atom. The normalized spacial score (nSPS) is 19.4. The second-order valence-corrected chi connectivity index (χ2v) is 6.89. The predicted molar refractivity (Wildman–Crippen MR) is 98.2 cm³/mol. The minimum Gasteiger partial charge on any atom is -0.374 e. The van der Waals surface area contributed by atoms with Crippen LogP contribution in [0.25, 0.3) is 0 Å². The summed E-state index contributed by atoms with van der Waals surface area (Å²) in [4.78, 5) is 6.74. The largest absolute Gasteiger partial charge is 0.374 e. The summed E-state index contributed by atoms with van der Waals surface area (Å²) in [5, 5.41) is 7.05. The molecular weight excluding hydrogens is 284 g/mol. The standard InChI is InChI=1S/C19H30N4/c1-20-19(22-17-8-4-3-5-9-17)21-14-15-10-11-18-16(13-15)7-6-12-23(18)2/h10-11,13,17H,3-9,12,14H2,1-2H3,(H2,20,21,22). The molecule has 1 aliphatic carbocycles. The molecule has 1 aromatic rings. The minimum atomic E-state index is 0.590. The van der Waals surface area contributed by atoms with E-state index in [2.05, 4.69) is 45.8 Å². The maximum Gasteiger partial charge on any atom is 0.191 e. The van der Waals surface area contributed by atoms with Crippen molar-refractivity contribution >= 4 is 11.6 Å². The van der Waals surface area contributed by atoms with Gasteiger partial charge >= 0.3 is 0 Å². The highest BCUT2D eigenvalue weighted by atomic mass is 15.2. The summed E-state index contributed by atoms with van der Waals surface area (Å²) in [6, 6.07) is 7.45. The van der Waals surface area contributed by atoms with Crippen LogP contribution in [0.5, 0.6) is 0 Å². The highest BCUT2D eigenvalue weighted by molar-refractivity contribution is 5.80. The molecule has 23 heavy (non-hydrogen) atoms. The number of rotatable bonds is 3. The molecule has 0 aromatic heterocycles. The molecule has 0 atom stereocenters. The van der Waals surface area contributed by atoms with Gasteiger partial charge in [0, 0.05) is 38.9 Å². The SMILES string of the molecule is CN=C(NCc1ccc2c(c1)CCCN2C)NC1CCCCC1. The lowest BCUT2D eigenvalue weighted by Crippen LogP contribution is -2.43. The van der Waals surface area contributed by atoms with Gasteiger partial charge in [-0.05, 0) is 42.9 Å². The number of benzene rings is 1. The van der Waals surface area contributed by atoms with Crippen LogP contribution >= 0.6 is 0 Å². The van der Waals surface area contributed by atoms with E-state index in [-0.39, 0.29) is 0 Å². The van der Waals surface area contributed by atoms with Crippen LogP contribution in [0.4, 0.5) is 5.69 Å². The Kier molecular flexibility index (Phi) is 5.42. The number of hydrogen-bond acceptors (Lipinski definition) is 2. The molecule has 1 saturated carbocycles. The fraction of sp³-hybridized carbons (Fsp3) is 0.632. The summed E-state index contributed by atoms with van der Waals surface area (Å²) in [6.07, 6.45) is 9.05. The molecule has 4 heteroatoms. The van der Waals surface area contributed by atoms with Gasteiger partial charge < -0.3 is 15.5 Å². The summed E-state index contributed by atoms with van der Waals surface area (Å²) in [5.41, 5.74) is 4.21. The Balaban J connectivity index is 1.56. The highest BCUT2D eigenvalue weighted by Crippen LogP contribution is 2.26. The lowest BCUT2D eigenvalue weighted by molar-refractivity contribution is 0.410. The van der Waals surface area contributed by atoms with Crippen LogP contribution in [0, 0.1) is 0 Å². The van der Waals surface area contributed by atoms with E-state index in [1.54, 1.807) is 0 Å². The average Bonchev–Trinajstić information content (AvgIpc) is 2.59. The van der Waals surface area contributed by atoms with E-state index in [0.717, 1.165) is 12.5 Å². The van der Waals surface area contributed by atoms with Gasteiger partial charge in [-0.15, -0.1) is 0 Å². The van der Waals surface area contributed by atoms with E-state index >= 15 is 0 Å². The van der Waals surface area contributed by atoms with E-state index in [9.17, 15) is 0 Å². The molecule has 0 saturated heterocycles. The quantitative estimate of drug-likeness (QED) is 0.665. The van der Waals surface area contributed by atoms with Crippen LogP contribution in [0.1, 0.15) is 49.7 Å². The molecule has 0 bridgehead atoms. The van der Waals surface area contributed by atoms with Gasteiger partial charge in [-0.3, -0.25) is 4.99 Å². The molecule has 3 rings (SSSR count). The van der Waals surface area contributed by atoms with Crippen LogP contribution in [-0.2, 0) is 13.0 Å². The Labute approximate surface area is 140 Å². The molecule has 126 valence electrons. The average molecular weight is 314 g/mol. The first-order valence-electron chi connectivity index (χ1n) is 9.06. The number of hydrogen-bond donors (Lipinski definition) is 2. The van der Waals surface area contributed by atoms with Gasteiger partial charge in [0.2, 0.25) is 0 Å². The number of aliphatic imine (C=N–C) groups is 1. The van der Waals surface area contributed by atoms with Gasteiger partial charge in [0.15, 0.2) is 5.96 Å². The third kappa shape index (κ3) is 4.18. The lowest BCUT2D eigenvalue weighted by Gasteiger charge is -2.28. The molecule has 4 nitrogen and oxygen atoms in total. The topological polar surface area (TPSA) is 39.7 Å². The predicted octanol–water partition coefficient (Wildman–Crippen LogP) is 3.07. The smallest absolute Gasteiger partial charge is 0.191 e. The van der Waals surface area contributed by atoms with Crippen molar-refractivity contribution in [2.24, 2.45) is 4.99 Å². The van der Waals surface area contributed by atoms with Crippen molar-refractivity contribution < 1.29 is 0 Å². The van der Waals surface area contributed by atoms with Crippen molar-refractivity contribution in [1.82, 2.24) is 10.6 Å². The molecule has 0 spiro atoms. The number of anilines is 1. The van der Waals surface area contributed by atoms with Gasteiger partial charge in [-0.25, -0.2) is 0 Å². The van der Waals surface area contributed by atoms with E-state index in [1.807, 2.05) is 7.05 Å². The molecule has 1 fully saturated rings. The van der Waals surface area contributed by atoms with Crippen LogP contribution in [0.3, 0.4) is 0 Å². The van der Waals surface area contributed by atoms with Crippen LogP contribution in [0.15, 0.2) is 23.2 Å². The van der Waals surface area contributed by atoms with Crippen molar-refractivity contribution in [3.63, 3.8) is 0 Å². The van der Waals surface area contributed by atoms with E-state index in [4.69, 9.17) is 0 Å². The number of fused-ring (bicyclic) bond motifs is 1. The third-order valence-electron chi connectivity index (χ3n) is 5.12. The molecule has 2 N–H and O–H groups in total. The van der Waals surface area contributed by atoms with Gasteiger partial charge in [-0.1, -0.05) is 31.4 Å². The van der Waals surface area contributed by atoms with Crippen LogP contribution < -0.4 is 15.5 Å². The molecule has 0 unspecified atom stereocenters. The Morgan fingerprint density at radius 1 is 1.22 bits per heavy atom. The van der Waals surface area contributed by atoms with Gasteiger partial charge in [-0.2, -0.15) is 0 Å². The molecule has 1 aromatic carbocycles. The summed E-state index contributed by atoms with van der Waals surface area (Å²) in [7, 11) is 4.05. The molecule has 0 radical (unpaired) electrons. The van der Waals surface area contributed by atoms with Gasteiger partial charge in [0.1, 0.15) is 0 Å². The van der Waals surface area contributed by atoms with Crippen LogP contribution in [0.2, 0.25) is 0 Å². The molecule has 1 heterocycles. The maximum atomic E-state index is 4.38. The zero-order valence-electron chi connectivity index (χ0n) is 14.6. The summed E-state index contributed by atoms with van der Waals surface area (Å²) in [5.74, 6) is 0.937. The Morgan fingerprint density at radius 2 is 2.04 bits per heavy atom. The zero-order chi connectivity index (χ0) is 16.1. The first-order valence-corrected chi connectivity index (χ1v) is 9.06. The number of nitrogens with one attached hydrogen (secondary N) is 2. The van der Waals surface area contributed by atoms with Crippen molar-refractivity contribution in [2.45, 2.75) is 57.5 Å². The zero-order valence-corrected chi connectivity index (χ0v) is 14.6. The fourth-order valence-electron chi connectivity index (χ4n) is 3.77. The van der Waals surface area contributed by atoms with Crippen molar-refractivity contribution in [1.29, 1.82) is 0 Å². The number of aryl methyl sites for hydroxylation is 1. The summed E-state index contributed by atoms with van der Waals surface area (Å²) >= 11 is 0. The second-order valence-electron chi connectivity index (χ2n) is 6.89. The van der Waals surface area contributed by atoms with E-state index in [0.29, 0.717) is 6.04 Å². The second kappa shape index (κ2) is 7.71. The van der Waals surface area contributed by atoms with E-state index < -0.39 is 0 Å². The lowest BCUT2D eigenvalue weighted by atomic mass is 9.96. The van der Waals surface area contributed by atoms with Crippen molar-refractivity contribution in [2.75, 3.05) is 25.5 Å². The first kappa shape index (κ1) is 16.2. The maximum absolute atomic E-state index is 4.38. The molecule has 1 aliphatic heterocycles. The van der Waals surface area contributed by atoms with Crippen molar-refractivity contribution in [3.8, 4) is 0 Å². The monoisotopic (exact) mass is 314 g/mol. The fourth-order valence-corrected chi connectivity index (χ4v) is 3.77. The minimum absolute atomic E-state index is 0.590. The Bertz CT molecular complexity index is 546. The molecular formula is C19H30N4. The number of nitrogens with zero attached hydrogens (tertiary/aromatic N) is 2. The highest BCUT2D eigenvalue weighted by Gasteiger charge is 2.15. The number of guanidine groups is 1. The molecule has 2 aliphatic rings. The summed E-state index contributed by atoms with van der Waals surface area (Å²) < 4.78 is 0. The van der Waals surface area contributed by atoms with E-state index in [1.165, 1.54) is 68.3 Å². The van der Waals surface area contributed by atoms with Crippen LogP contribution in [-0.4, -0.2) is 32.6 Å². The van der Waals surface area contributed by atoms with Gasteiger partial charge in [0.05, 0.1) is 0 Å². The van der Waals surface area contributed by atoms with Gasteiger partial charge in [0.25, 0.3) is 0 Å².